The van der Waals surface area contributed by atoms with E-state index in [-0.39, 0.29) is 24.6 Å². The summed E-state index contributed by atoms with van der Waals surface area (Å²) >= 11 is 0. The van der Waals surface area contributed by atoms with Crippen molar-refractivity contribution in [2.45, 2.75) is 45.4 Å². The Labute approximate surface area is 209 Å². The van der Waals surface area contributed by atoms with Crippen LogP contribution in [0.25, 0.3) is 0 Å². The van der Waals surface area contributed by atoms with Crippen LogP contribution in [0, 0.1) is 20.8 Å². The monoisotopic (exact) mass is 494 g/mol. The second kappa shape index (κ2) is 11.4. The molecule has 0 aliphatic rings. The van der Waals surface area contributed by atoms with Gasteiger partial charge in [0.25, 0.3) is 10.0 Å². The Kier molecular flexibility index (Phi) is 8.57. The molecule has 0 spiro atoms. The summed E-state index contributed by atoms with van der Waals surface area (Å²) in [5, 5.41) is 2.79. The van der Waals surface area contributed by atoms with Gasteiger partial charge in [0.15, 0.2) is 0 Å². The van der Waals surface area contributed by atoms with Gasteiger partial charge >= 0.3 is 0 Å². The third-order valence-electron chi connectivity index (χ3n) is 5.61. The van der Waals surface area contributed by atoms with E-state index in [2.05, 4.69) is 19.2 Å². The number of hydrogen-bond acceptors (Lipinski definition) is 4. The minimum atomic E-state index is -3.95. The van der Waals surface area contributed by atoms with E-state index in [9.17, 15) is 13.2 Å². The van der Waals surface area contributed by atoms with Crippen LogP contribution in [-0.4, -0.2) is 34.0 Å². The number of para-hydroxylation sites is 1. The van der Waals surface area contributed by atoms with Crippen LogP contribution < -0.4 is 14.4 Å². The molecular weight excluding hydrogens is 460 g/mol. The molecule has 3 aromatic rings. The molecule has 6 nitrogen and oxygen atoms in total. The Morgan fingerprint density at radius 1 is 0.914 bits per heavy atom. The van der Waals surface area contributed by atoms with Crippen molar-refractivity contribution in [3.8, 4) is 5.75 Å². The van der Waals surface area contributed by atoms with Gasteiger partial charge in [-0.15, -0.1) is 0 Å². The van der Waals surface area contributed by atoms with E-state index >= 15 is 0 Å². The molecule has 0 bridgehead atoms. The van der Waals surface area contributed by atoms with E-state index in [0.29, 0.717) is 11.6 Å². The summed E-state index contributed by atoms with van der Waals surface area (Å²) < 4.78 is 34.1. The highest BCUT2D eigenvalue weighted by Gasteiger charge is 2.27. The van der Waals surface area contributed by atoms with Crippen molar-refractivity contribution in [2.75, 3.05) is 24.0 Å². The lowest BCUT2D eigenvalue weighted by Gasteiger charge is -2.25. The molecule has 0 fully saturated rings. The van der Waals surface area contributed by atoms with Gasteiger partial charge in [-0.05, 0) is 73.7 Å². The maximum atomic E-state index is 13.5. The van der Waals surface area contributed by atoms with Crippen LogP contribution in [0.4, 0.5) is 5.69 Å². The lowest BCUT2D eigenvalue weighted by atomic mass is 10.0. The first-order valence-corrected chi connectivity index (χ1v) is 13.2. The van der Waals surface area contributed by atoms with Gasteiger partial charge in [0, 0.05) is 0 Å². The van der Waals surface area contributed by atoms with Gasteiger partial charge in [0.05, 0.1) is 17.1 Å². The van der Waals surface area contributed by atoms with Crippen LogP contribution in [0.2, 0.25) is 0 Å². The molecular formula is C28H34N2O4S. The summed E-state index contributed by atoms with van der Waals surface area (Å²) in [5.74, 6) is 0.704. The average molecular weight is 495 g/mol. The number of nitrogens with one attached hydrogen (secondary N) is 1. The molecule has 0 saturated carbocycles. The van der Waals surface area contributed by atoms with Gasteiger partial charge in [-0.3, -0.25) is 9.10 Å². The van der Waals surface area contributed by atoms with Gasteiger partial charge in [0.1, 0.15) is 18.9 Å². The van der Waals surface area contributed by atoms with Crippen LogP contribution in [0.5, 0.6) is 5.75 Å². The van der Waals surface area contributed by atoms with Gasteiger partial charge in [-0.1, -0.05) is 55.8 Å². The molecule has 1 amide bonds. The lowest BCUT2D eigenvalue weighted by Crippen LogP contribution is -2.42. The molecule has 0 atom stereocenters. The zero-order valence-corrected chi connectivity index (χ0v) is 21.9. The number of aryl methyl sites for hydroxylation is 3. The fourth-order valence-corrected chi connectivity index (χ4v) is 5.28. The summed E-state index contributed by atoms with van der Waals surface area (Å²) in [6, 6.07) is 20.0. The van der Waals surface area contributed by atoms with Crippen LogP contribution in [0.3, 0.4) is 0 Å². The fraction of sp³-hybridized carbons (Fsp3) is 0.321. The van der Waals surface area contributed by atoms with Gasteiger partial charge in [0.2, 0.25) is 5.91 Å². The maximum absolute atomic E-state index is 13.5. The van der Waals surface area contributed by atoms with Crippen molar-refractivity contribution in [3.63, 3.8) is 0 Å². The molecule has 186 valence electrons. The molecule has 0 radical (unpaired) electrons. The van der Waals surface area contributed by atoms with Gasteiger partial charge in [-0.2, -0.15) is 0 Å². The standard InChI is InChI=1S/C28H34N2O4S/c1-20(2)26-8-6-7-9-27(26)34-15-14-29-28(31)19-30(24-17-22(4)16-23(5)18-24)35(32,33)25-12-10-21(3)11-13-25/h6-13,16-18,20H,14-15,19H2,1-5H3,(H,29,31). The number of benzene rings is 3. The number of sulfonamides is 1. The molecule has 0 saturated heterocycles. The number of hydrogen-bond donors (Lipinski definition) is 1. The van der Waals surface area contributed by atoms with E-state index in [1.54, 1.807) is 36.4 Å². The number of carbonyl (C=O) groups excluding carboxylic acids is 1. The van der Waals surface area contributed by atoms with Gasteiger partial charge < -0.3 is 10.1 Å². The third kappa shape index (κ3) is 6.85. The summed E-state index contributed by atoms with van der Waals surface area (Å²) in [7, 11) is -3.95. The molecule has 35 heavy (non-hydrogen) atoms. The average Bonchev–Trinajstić information content (AvgIpc) is 2.80. The highest BCUT2D eigenvalue weighted by Crippen LogP contribution is 2.27. The SMILES string of the molecule is Cc1ccc(S(=O)(=O)N(CC(=O)NCCOc2ccccc2C(C)C)c2cc(C)cc(C)c2)cc1. The maximum Gasteiger partial charge on any atom is 0.264 e. The second-order valence-corrected chi connectivity index (χ2v) is 10.9. The number of carbonyl (C=O) groups is 1. The van der Waals surface area contributed by atoms with Crippen molar-refractivity contribution in [2.24, 2.45) is 0 Å². The van der Waals surface area contributed by atoms with Crippen molar-refractivity contribution in [3.05, 3.63) is 89.0 Å². The first kappa shape index (κ1) is 26.3. The number of nitrogens with zero attached hydrogens (tertiary/aromatic N) is 1. The molecule has 0 unspecified atom stereocenters. The molecule has 0 aliphatic carbocycles. The molecule has 0 heterocycles. The highest BCUT2D eigenvalue weighted by molar-refractivity contribution is 7.92. The lowest BCUT2D eigenvalue weighted by molar-refractivity contribution is -0.119. The summed E-state index contributed by atoms with van der Waals surface area (Å²) in [5.41, 5.74) is 4.35. The zero-order chi connectivity index (χ0) is 25.6. The zero-order valence-electron chi connectivity index (χ0n) is 21.0. The van der Waals surface area contributed by atoms with Crippen molar-refractivity contribution >= 4 is 21.6 Å². The minimum absolute atomic E-state index is 0.142. The molecule has 7 heteroatoms. The number of anilines is 1. The normalized spacial score (nSPS) is 11.4. The number of ether oxygens (including phenoxy) is 1. The Balaban J connectivity index is 1.74. The molecule has 3 aromatic carbocycles. The van der Waals surface area contributed by atoms with Crippen LogP contribution in [-0.2, 0) is 14.8 Å². The Hall–Kier alpha value is -3.32. The summed E-state index contributed by atoms with van der Waals surface area (Å²) in [6.45, 7) is 10.1. The molecule has 1 N–H and O–H groups in total. The summed E-state index contributed by atoms with van der Waals surface area (Å²) in [6.07, 6.45) is 0. The van der Waals surface area contributed by atoms with E-state index < -0.39 is 15.9 Å². The quantitative estimate of drug-likeness (QED) is 0.397. The molecule has 0 aromatic heterocycles. The Morgan fingerprint density at radius 3 is 2.17 bits per heavy atom. The predicted octanol–water partition coefficient (Wildman–Crippen LogP) is 5.13. The van der Waals surface area contributed by atoms with Crippen molar-refractivity contribution < 1.29 is 17.9 Å². The Bertz CT molecular complexity index is 1250. The third-order valence-corrected chi connectivity index (χ3v) is 7.40. The van der Waals surface area contributed by atoms with Gasteiger partial charge in [-0.25, -0.2) is 8.42 Å². The van der Waals surface area contributed by atoms with E-state index in [1.807, 2.05) is 51.1 Å². The number of amides is 1. The van der Waals surface area contributed by atoms with E-state index in [4.69, 9.17) is 4.74 Å². The number of rotatable bonds is 10. The Morgan fingerprint density at radius 2 is 1.54 bits per heavy atom. The highest BCUT2D eigenvalue weighted by atomic mass is 32.2. The topological polar surface area (TPSA) is 75.7 Å². The van der Waals surface area contributed by atoms with E-state index in [1.165, 1.54) is 4.31 Å². The van der Waals surface area contributed by atoms with Crippen LogP contribution in [0.15, 0.2) is 71.6 Å². The van der Waals surface area contributed by atoms with Crippen molar-refractivity contribution in [1.29, 1.82) is 0 Å². The summed E-state index contributed by atoms with van der Waals surface area (Å²) in [4.78, 5) is 13.0. The predicted molar refractivity (Wildman–Crippen MR) is 141 cm³/mol. The first-order valence-electron chi connectivity index (χ1n) is 11.7. The smallest absolute Gasteiger partial charge is 0.264 e. The molecule has 0 aliphatic heterocycles. The first-order chi connectivity index (χ1) is 16.6. The van der Waals surface area contributed by atoms with Crippen LogP contribution >= 0.6 is 0 Å². The molecule has 3 rings (SSSR count). The van der Waals surface area contributed by atoms with E-state index in [0.717, 1.165) is 28.0 Å². The fourth-order valence-electron chi connectivity index (χ4n) is 3.87. The van der Waals surface area contributed by atoms with Crippen LogP contribution in [0.1, 0.15) is 42.0 Å². The minimum Gasteiger partial charge on any atom is -0.491 e. The second-order valence-electron chi connectivity index (χ2n) is 9.06. The largest absolute Gasteiger partial charge is 0.491 e. The van der Waals surface area contributed by atoms with Crippen molar-refractivity contribution in [1.82, 2.24) is 5.32 Å².